The monoisotopic (exact) mass is 183 g/mol. The van der Waals surface area contributed by atoms with Crippen LogP contribution in [0.2, 0.25) is 5.02 Å². The molecule has 1 rings (SSSR count). The fourth-order valence-corrected chi connectivity index (χ4v) is 1.09. The molecule has 1 aromatic rings. The van der Waals surface area contributed by atoms with Gasteiger partial charge in [0.15, 0.2) is 0 Å². The van der Waals surface area contributed by atoms with Crippen LogP contribution in [0.4, 0.5) is 0 Å². The Labute approximate surface area is 76.1 Å². The van der Waals surface area contributed by atoms with Crippen molar-refractivity contribution in [3.63, 3.8) is 0 Å². The predicted molar refractivity (Wildman–Crippen MR) is 47.2 cm³/mol. The zero-order valence-corrected chi connectivity index (χ0v) is 7.39. The first-order chi connectivity index (χ1) is 5.58. The molecular formula is C9H8ClO2. The normalized spacial score (nSPS) is 9.58. The summed E-state index contributed by atoms with van der Waals surface area (Å²) in [7, 11) is 0. The summed E-state index contributed by atoms with van der Waals surface area (Å²) in [6.07, 6.45) is 0. The summed E-state index contributed by atoms with van der Waals surface area (Å²) >= 11 is 5.70. The lowest BCUT2D eigenvalue weighted by molar-refractivity contribution is -0.131. The fraction of sp³-hybridized carbons (Fsp3) is 0.111. The van der Waals surface area contributed by atoms with Crippen LogP contribution >= 0.6 is 11.6 Å². The van der Waals surface area contributed by atoms with Crippen molar-refractivity contribution in [2.45, 2.75) is 6.92 Å². The summed E-state index contributed by atoms with van der Waals surface area (Å²) in [5.41, 5.74) is 0.721. The average molecular weight is 184 g/mol. The highest BCUT2D eigenvalue weighted by Gasteiger charge is 1.99. The molecule has 0 aromatic heterocycles. The number of esters is 1. The van der Waals surface area contributed by atoms with E-state index in [1.807, 2.05) is 0 Å². The Hall–Kier alpha value is -1.02. The summed E-state index contributed by atoms with van der Waals surface area (Å²) in [5.74, 6) is 0.0664. The van der Waals surface area contributed by atoms with Gasteiger partial charge in [-0.25, -0.2) is 0 Å². The number of benzene rings is 1. The quantitative estimate of drug-likeness (QED) is 0.494. The van der Waals surface area contributed by atoms with Crippen LogP contribution in [0, 0.1) is 6.92 Å². The Morgan fingerprint density at radius 3 is 2.67 bits per heavy atom. The van der Waals surface area contributed by atoms with Crippen molar-refractivity contribution >= 4 is 17.6 Å². The molecule has 0 aliphatic rings. The van der Waals surface area contributed by atoms with E-state index in [-0.39, 0.29) is 5.97 Å². The minimum Gasteiger partial charge on any atom is -0.427 e. The standard InChI is InChI=1S/C9H8ClO2/c1-6-3-8(10)5-9(4-6)12-7(2)11/h3-5H,1H2,2H3. The highest BCUT2D eigenvalue weighted by atomic mass is 35.5. The van der Waals surface area contributed by atoms with Gasteiger partial charge in [0.1, 0.15) is 5.75 Å². The second-order valence-electron chi connectivity index (χ2n) is 2.39. The average Bonchev–Trinajstić information content (AvgIpc) is 1.81. The van der Waals surface area contributed by atoms with Gasteiger partial charge in [-0.15, -0.1) is 0 Å². The molecule has 0 unspecified atom stereocenters. The van der Waals surface area contributed by atoms with Crippen LogP contribution in [-0.4, -0.2) is 5.97 Å². The molecule has 0 aliphatic carbocycles. The summed E-state index contributed by atoms with van der Waals surface area (Å²) in [6, 6.07) is 4.90. The van der Waals surface area contributed by atoms with Gasteiger partial charge in [0.25, 0.3) is 0 Å². The zero-order valence-electron chi connectivity index (χ0n) is 6.63. The van der Waals surface area contributed by atoms with Gasteiger partial charge in [-0.2, -0.15) is 0 Å². The van der Waals surface area contributed by atoms with Gasteiger partial charge in [-0.1, -0.05) is 11.6 Å². The molecule has 2 nitrogen and oxygen atoms in total. The Morgan fingerprint density at radius 2 is 2.17 bits per heavy atom. The van der Waals surface area contributed by atoms with Gasteiger partial charge in [-0.05, 0) is 30.7 Å². The Morgan fingerprint density at radius 1 is 1.50 bits per heavy atom. The topological polar surface area (TPSA) is 26.3 Å². The lowest BCUT2D eigenvalue weighted by Gasteiger charge is -2.02. The van der Waals surface area contributed by atoms with E-state index in [1.165, 1.54) is 6.92 Å². The molecule has 0 saturated heterocycles. The molecule has 0 N–H and O–H groups in total. The van der Waals surface area contributed by atoms with Gasteiger partial charge < -0.3 is 4.74 Å². The molecule has 63 valence electrons. The SMILES string of the molecule is [CH2]c1cc(Cl)cc(OC(C)=O)c1. The van der Waals surface area contributed by atoms with Crippen LogP contribution in [0.15, 0.2) is 18.2 Å². The number of carbonyl (C=O) groups excluding carboxylic acids is 1. The smallest absolute Gasteiger partial charge is 0.308 e. The van der Waals surface area contributed by atoms with Gasteiger partial charge >= 0.3 is 5.97 Å². The van der Waals surface area contributed by atoms with E-state index in [9.17, 15) is 4.79 Å². The number of carbonyl (C=O) groups is 1. The van der Waals surface area contributed by atoms with Gasteiger partial charge in [0, 0.05) is 11.9 Å². The Kier molecular flexibility index (Phi) is 2.71. The molecular weight excluding hydrogens is 176 g/mol. The molecule has 0 spiro atoms. The van der Waals surface area contributed by atoms with Crippen molar-refractivity contribution in [3.8, 4) is 5.75 Å². The van der Waals surface area contributed by atoms with Gasteiger partial charge in [-0.3, -0.25) is 4.79 Å². The summed E-state index contributed by atoms with van der Waals surface area (Å²) in [6.45, 7) is 5.01. The van der Waals surface area contributed by atoms with Crippen LogP contribution in [0.1, 0.15) is 12.5 Å². The largest absolute Gasteiger partial charge is 0.427 e. The molecule has 3 heteroatoms. The molecule has 0 heterocycles. The molecule has 0 fully saturated rings. The molecule has 0 amide bonds. The van der Waals surface area contributed by atoms with E-state index in [1.54, 1.807) is 18.2 Å². The second-order valence-corrected chi connectivity index (χ2v) is 2.83. The number of rotatable bonds is 1. The summed E-state index contributed by atoms with van der Waals surface area (Å²) in [5, 5.41) is 0.513. The summed E-state index contributed by atoms with van der Waals surface area (Å²) in [4.78, 5) is 10.6. The Balaban J connectivity index is 2.93. The van der Waals surface area contributed by atoms with Gasteiger partial charge in [0.2, 0.25) is 0 Å². The van der Waals surface area contributed by atoms with E-state index in [0.29, 0.717) is 10.8 Å². The molecule has 1 aromatic carbocycles. The fourth-order valence-electron chi connectivity index (χ4n) is 0.846. The minimum atomic E-state index is -0.364. The number of ether oxygens (including phenoxy) is 1. The van der Waals surface area contributed by atoms with E-state index >= 15 is 0 Å². The third-order valence-electron chi connectivity index (χ3n) is 1.19. The van der Waals surface area contributed by atoms with Crippen molar-refractivity contribution in [1.82, 2.24) is 0 Å². The van der Waals surface area contributed by atoms with Crippen molar-refractivity contribution in [1.29, 1.82) is 0 Å². The zero-order chi connectivity index (χ0) is 9.14. The summed E-state index contributed by atoms with van der Waals surface area (Å²) < 4.78 is 4.81. The van der Waals surface area contributed by atoms with Crippen LogP contribution in [0.3, 0.4) is 0 Å². The van der Waals surface area contributed by atoms with Crippen LogP contribution < -0.4 is 4.74 Å². The lowest BCUT2D eigenvalue weighted by atomic mass is 10.2. The van der Waals surface area contributed by atoms with E-state index in [2.05, 4.69) is 6.92 Å². The predicted octanol–water partition coefficient (Wildman–Crippen LogP) is 2.45. The number of hydrogen-bond donors (Lipinski definition) is 0. The number of halogens is 1. The highest BCUT2D eigenvalue weighted by molar-refractivity contribution is 6.30. The maximum atomic E-state index is 10.6. The number of hydrogen-bond acceptors (Lipinski definition) is 2. The van der Waals surface area contributed by atoms with Crippen molar-refractivity contribution in [3.05, 3.63) is 35.7 Å². The van der Waals surface area contributed by atoms with Crippen molar-refractivity contribution < 1.29 is 9.53 Å². The third kappa shape index (κ3) is 2.55. The molecule has 0 aliphatic heterocycles. The van der Waals surface area contributed by atoms with Crippen molar-refractivity contribution in [2.75, 3.05) is 0 Å². The van der Waals surface area contributed by atoms with E-state index in [0.717, 1.165) is 5.56 Å². The van der Waals surface area contributed by atoms with Crippen LogP contribution in [0.25, 0.3) is 0 Å². The van der Waals surface area contributed by atoms with Crippen LogP contribution in [0.5, 0.6) is 5.75 Å². The minimum absolute atomic E-state index is 0.364. The first-order valence-corrected chi connectivity index (χ1v) is 3.76. The molecule has 0 saturated carbocycles. The van der Waals surface area contributed by atoms with E-state index < -0.39 is 0 Å². The lowest BCUT2D eigenvalue weighted by Crippen LogP contribution is -2.01. The maximum Gasteiger partial charge on any atom is 0.308 e. The van der Waals surface area contributed by atoms with Crippen LogP contribution in [-0.2, 0) is 4.79 Å². The molecule has 0 bridgehead atoms. The first-order valence-electron chi connectivity index (χ1n) is 3.39. The van der Waals surface area contributed by atoms with E-state index in [4.69, 9.17) is 16.3 Å². The third-order valence-corrected chi connectivity index (χ3v) is 1.41. The Bertz CT molecular complexity index is 287. The first kappa shape index (κ1) is 9.07. The highest BCUT2D eigenvalue weighted by Crippen LogP contribution is 2.20. The van der Waals surface area contributed by atoms with Crippen molar-refractivity contribution in [2.24, 2.45) is 0 Å². The van der Waals surface area contributed by atoms with Gasteiger partial charge in [0.05, 0.1) is 0 Å². The molecule has 12 heavy (non-hydrogen) atoms. The molecule has 0 atom stereocenters. The maximum absolute atomic E-state index is 10.6. The molecule has 1 radical (unpaired) electrons. The second kappa shape index (κ2) is 3.59.